The highest BCUT2D eigenvalue weighted by molar-refractivity contribution is 6.35. The largest absolute Gasteiger partial charge is 0.482 e. The van der Waals surface area contributed by atoms with Gasteiger partial charge >= 0.3 is 0 Å². The lowest BCUT2D eigenvalue weighted by atomic mass is 10.3. The third-order valence-electron chi connectivity index (χ3n) is 3.05. The Kier molecular flexibility index (Phi) is 4.98. The topological polar surface area (TPSA) is 69.0 Å². The Morgan fingerprint density at radius 3 is 2.79 bits per heavy atom. The number of imidazole rings is 1. The minimum atomic E-state index is -0.321. The average Bonchev–Trinajstić information content (AvgIpc) is 3.09. The maximum absolute atomic E-state index is 11.9. The molecule has 0 bridgehead atoms. The van der Waals surface area contributed by atoms with Crippen LogP contribution in [0.15, 0.2) is 55.2 Å². The molecule has 0 aliphatic carbocycles. The molecule has 0 radical (unpaired) electrons. The van der Waals surface area contributed by atoms with Crippen LogP contribution in [0.3, 0.4) is 0 Å². The van der Waals surface area contributed by atoms with Crippen molar-refractivity contribution in [2.24, 2.45) is 0 Å². The van der Waals surface area contributed by atoms with Crippen LogP contribution in [0.5, 0.6) is 5.75 Å². The predicted octanol–water partition coefficient (Wildman–Crippen LogP) is 3.59. The maximum atomic E-state index is 11.9. The fourth-order valence-corrected chi connectivity index (χ4v) is 2.40. The molecule has 1 amide bonds. The number of hydrogen-bond donors (Lipinski definition) is 1. The van der Waals surface area contributed by atoms with Crippen LogP contribution >= 0.6 is 23.2 Å². The second-order valence-electron chi connectivity index (χ2n) is 4.79. The zero-order valence-electron chi connectivity index (χ0n) is 12.3. The van der Waals surface area contributed by atoms with Gasteiger partial charge in [-0.05, 0) is 30.3 Å². The third-order valence-corrected chi connectivity index (χ3v) is 3.58. The van der Waals surface area contributed by atoms with Crippen molar-refractivity contribution < 1.29 is 9.53 Å². The van der Waals surface area contributed by atoms with Crippen LogP contribution in [-0.4, -0.2) is 27.0 Å². The number of pyridine rings is 1. The fourth-order valence-electron chi connectivity index (χ4n) is 1.94. The summed E-state index contributed by atoms with van der Waals surface area (Å²) in [6, 6.07) is 8.32. The molecule has 0 spiro atoms. The SMILES string of the molecule is O=C(COc1ccc(Cl)cc1Cl)Nc1ccc(-n2ccnc2)nc1. The molecular weight excluding hydrogens is 351 g/mol. The van der Waals surface area contributed by atoms with Crippen molar-refractivity contribution in [2.45, 2.75) is 0 Å². The standard InChI is InChI=1S/C16H12Cl2N4O2/c17-11-1-3-14(13(18)7-11)24-9-16(23)21-12-2-4-15(20-8-12)22-6-5-19-10-22/h1-8,10H,9H2,(H,21,23). The number of carbonyl (C=O) groups is 1. The van der Waals surface area contributed by atoms with Crippen LogP contribution in [0.2, 0.25) is 10.0 Å². The van der Waals surface area contributed by atoms with Gasteiger partial charge in [-0.3, -0.25) is 9.36 Å². The lowest BCUT2D eigenvalue weighted by Gasteiger charge is -2.09. The van der Waals surface area contributed by atoms with Gasteiger partial charge in [0.25, 0.3) is 5.91 Å². The van der Waals surface area contributed by atoms with Gasteiger partial charge in [-0.2, -0.15) is 0 Å². The summed E-state index contributed by atoms with van der Waals surface area (Å²) in [4.78, 5) is 20.1. The minimum absolute atomic E-state index is 0.176. The first-order chi connectivity index (χ1) is 11.6. The molecule has 3 rings (SSSR count). The Balaban J connectivity index is 1.56. The van der Waals surface area contributed by atoms with E-state index in [9.17, 15) is 4.79 Å². The first kappa shape index (κ1) is 16.3. The van der Waals surface area contributed by atoms with Crippen molar-refractivity contribution in [1.29, 1.82) is 0 Å². The summed E-state index contributed by atoms with van der Waals surface area (Å²) in [6.45, 7) is -0.176. The van der Waals surface area contributed by atoms with E-state index in [1.165, 1.54) is 0 Å². The number of ether oxygens (including phenoxy) is 1. The monoisotopic (exact) mass is 362 g/mol. The molecule has 0 atom stereocenters. The number of aromatic nitrogens is 3. The highest BCUT2D eigenvalue weighted by Gasteiger charge is 2.07. The second-order valence-corrected chi connectivity index (χ2v) is 5.63. The molecule has 0 aliphatic rings. The van der Waals surface area contributed by atoms with Crippen LogP contribution in [0, 0.1) is 0 Å². The first-order valence-corrected chi connectivity index (χ1v) is 7.69. The van der Waals surface area contributed by atoms with Gasteiger partial charge in [0.15, 0.2) is 6.61 Å². The predicted molar refractivity (Wildman–Crippen MR) is 91.9 cm³/mol. The van der Waals surface area contributed by atoms with Crippen molar-refractivity contribution in [2.75, 3.05) is 11.9 Å². The fraction of sp³-hybridized carbons (Fsp3) is 0.0625. The van der Waals surface area contributed by atoms with Gasteiger partial charge < -0.3 is 10.1 Å². The van der Waals surface area contributed by atoms with Crippen LogP contribution in [0.1, 0.15) is 0 Å². The van der Waals surface area contributed by atoms with Gasteiger partial charge in [0.2, 0.25) is 0 Å². The molecule has 24 heavy (non-hydrogen) atoms. The van der Waals surface area contributed by atoms with Crippen LogP contribution in [-0.2, 0) is 4.79 Å². The molecule has 2 heterocycles. The van der Waals surface area contributed by atoms with E-state index in [2.05, 4.69) is 15.3 Å². The van der Waals surface area contributed by atoms with E-state index in [4.69, 9.17) is 27.9 Å². The van der Waals surface area contributed by atoms with E-state index < -0.39 is 0 Å². The van der Waals surface area contributed by atoms with Gasteiger partial charge in [-0.1, -0.05) is 23.2 Å². The number of anilines is 1. The van der Waals surface area contributed by atoms with E-state index in [-0.39, 0.29) is 12.5 Å². The lowest BCUT2D eigenvalue weighted by Crippen LogP contribution is -2.20. The van der Waals surface area contributed by atoms with Crippen molar-refractivity contribution in [1.82, 2.24) is 14.5 Å². The molecule has 0 saturated heterocycles. The van der Waals surface area contributed by atoms with Crippen molar-refractivity contribution in [3.63, 3.8) is 0 Å². The Hall–Kier alpha value is -2.57. The van der Waals surface area contributed by atoms with Crippen molar-refractivity contribution >= 4 is 34.8 Å². The number of rotatable bonds is 5. The summed E-state index contributed by atoms with van der Waals surface area (Å²) < 4.78 is 7.13. The Morgan fingerprint density at radius 1 is 1.25 bits per heavy atom. The average molecular weight is 363 g/mol. The number of carbonyl (C=O) groups excluding carboxylic acids is 1. The number of nitrogens with zero attached hydrogens (tertiary/aromatic N) is 3. The summed E-state index contributed by atoms with van der Waals surface area (Å²) in [5, 5.41) is 3.54. The molecule has 6 nitrogen and oxygen atoms in total. The van der Waals surface area contributed by atoms with E-state index in [0.717, 1.165) is 0 Å². The molecule has 0 fully saturated rings. The van der Waals surface area contributed by atoms with Crippen molar-refractivity contribution in [3.8, 4) is 11.6 Å². The molecule has 0 unspecified atom stereocenters. The van der Waals surface area contributed by atoms with E-state index >= 15 is 0 Å². The Morgan fingerprint density at radius 2 is 2.12 bits per heavy atom. The molecule has 1 N–H and O–H groups in total. The van der Waals surface area contributed by atoms with Crippen LogP contribution in [0.4, 0.5) is 5.69 Å². The van der Waals surface area contributed by atoms with E-state index in [0.29, 0.717) is 27.3 Å². The number of benzene rings is 1. The van der Waals surface area contributed by atoms with Gasteiger partial charge in [0, 0.05) is 17.4 Å². The first-order valence-electron chi connectivity index (χ1n) is 6.94. The molecule has 122 valence electrons. The highest BCUT2D eigenvalue weighted by Crippen LogP contribution is 2.27. The smallest absolute Gasteiger partial charge is 0.262 e. The highest BCUT2D eigenvalue weighted by atomic mass is 35.5. The molecular formula is C16H12Cl2N4O2. The summed E-state index contributed by atoms with van der Waals surface area (Å²) >= 11 is 11.8. The summed E-state index contributed by atoms with van der Waals surface area (Å²) in [7, 11) is 0. The van der Waals surface area contributed by atoms with E-state index in [1.54, 1.807) is 59.8 Å². The number of hydrogen-bond acceptors (Lipinski definition) is 4. The summed E-state index contributed by atoms with van der Waals surface area (Å²) in [5.74, 6) is 0.776. The van der Waals surface area contributed by atoms with Gasteiger partial charge in [0.1, 0.15) is 17.9 Å². The van der Waals surface area contributed by atoms with Gasteiger partial charge in [-0.25, -0.2) is 9.97 Å². The molecule has 1 aromatic carbocycles. The third kappa shape index (κ3) is 4.04. The number of amides is 1. The maximum Gasteiger partial charge on any atom is 0.262 e. The molecule has 0 saturated carbocycles. The second kappa shape index (κ2) is 7.33. The van der Waals surface area contributed by atoms with Crippen LogP contribution < -0.4 is 10.1 Å². The number of nitrogens with one attached hydrogen (secondary N) is 1. The molecule has 3 aromatic rings. The van der Waals surface area contributed by atoms with E-state index in [1.807, 2.05) is 0 Å². The normalized spacial score (nSPS) is 10.4. The molecule has 8 heteroatoms. The lowest BCUT2D eigenvalue weighted by molar-refractivity contribution is -0.118. The summed E-state index contributed by atoms with van der Waals surface area (Å²) in [5.41, 5.74) is 0.565. The molecule has 2 aromatic heterocycles. The molecule has 0 aliphatic heterocycles. The minimum Gasteiger partial charge on any atom is -0.482 e. The van der Waals surface area contributed by atoms with Crippen LogP contribution in [0.25, 0.3) is 5.82 Å². The van der Waals surface area contributed by atoms with Crippen molar-refractivity contribution in [3.05, 3.63) is 65.3 Å². The van der Waals surface area contributed by atoms with Gasteiger partial charge in [-0.15, -0.1) is 0 Å². The van der Waals surface area contributed by atoms with Gasteiger partial charge in [0.05, 0.1) is 16.9 Å². The Bertz CT molecular complexity index is 836. The number of halogens is 2. The Labute approximate surface area is 148 Å². The quantitative estimate of drug-likeness (QED) is 0.752. The zero-order chi connectivity index (χ0) is 16.9. The summed E-state index contributed by atoms with van der Waals surface area (Å²) in [6.07, 6.45) is 6.65. The zero-order valence-corrected chi connectivity index (χ0v) is 13.8.